The van der Waals surface area contributed by atoms with E-state index in [0.29, 0.717) is 25.3 Å². The normalized spacial score (nSPS) is 19.8. The Kier molecular flexibility index (Phi) is 4.92. The zero-order chi connectivity index (χ0) is 18.0. The number of morpholine rings is 1. The minimum Gasteiger partial charge on any atom is -0.382 e. The maximum Gasteiger partial charge on any atom is 0.257 e. The number of methoxy groups -OCH3 is 1. The molecule has 25 heavy (non-hydrogen) atoms. The van der Waals surface area contributed by atoms with Crippen molar-refractivity contribution in [1.29, 1.82) is 0 Å². The maximum atomic E-state index is 13.1. The molecule has 0 saturated carbocycles. The van der Waals surface area contributed by atoms with E-state index in [1.165, 1.54) is 0 Å². The Morgan fingerprint density at radius 1 is 1.36 bits per heavy atom. The van der Waals surface area contributed by atoms with Crippen molar-refractivity contribution in [2.45, 2.75) is 32.5 Å². The molecular formula is C19H25N3O3. The van der Waals surface area contributed by atoms with Gasteiger partial charge in [-0.05, 0) is 32.9 Å². The van der Waals surface area contributed by atoms with Crippen molar-refractivity contribution in [1.82, 2.24) is 14.7 Å². The Morgan fingerprint density at radius 2 is 2.08 bits per heavy atom. The highest BCUT2D eigenvalue weighted by molar-refractivity contribution is 5.95. The number of aromatic nitrogens is 2. The molecule has 1 amide bonds. The monoisotopic (exact) mass is 343 g/mol. The molecule has 1 fully saturated rings. The molecule has 2 heterocycles. The van der Waals surface area contributed by atoms with E-state index in [9.17, 15) is 4.79 Å². The lowest BCUT2D eigenvalue weighted by molar-refractivity contribution is -0.143. The van der Waals surface area contributed by atoms with E-state index in [0.717, 1.165) is 11.4 Å². The van der Waals surface area contributed by atoms with Gasteiger partial charge in [-0.1, -0.05) is 18.2 Å². The Labute approximate surface area is 148 Å². The number of amides is 1. The van der Waals surface area contributed by atoms with Gasteiger partial charge in [0.15, 0.2) is 0 Å². The molecule has 6 heteroatoms. The first-order valence-corrected chi connectivity index (χ1v) is 8.47. The van der Waals surface area contributed by atoms with E-state index in [-0.39, 0.29) is 12.0 Å². The fourth-order valence-electron chi connectivity index (χ4n) is 3.28. The van der Waals surface area contributed by atoms with Crippen LogP contribution in [-0.4, -0.2) is 59.1 Å². The smallest absolute Gasteiger partial charge is 0.257 e. The summed E-state index contributed by atoms with van der Waals surface area (Å²) in [5, 5.41) is 4.50. The van der Waals surface area contributed by atoms with Gasteiger partial charge in [-0.15, -0.1) is 0 Å². The lowest BCUT2D eigenvalue weighted by Gasteiger charge is -2.42. The first-order chi connectivity index (χ1) is 11.9. The van der Waals surface area contributed by atoms with Crippen LogP contribution in [0.5, 0.6) is 0 Å². The van der Waals surface area contributed by atoms with Crippen molar-refractivity contribution in [3.8, 4) is 5.69 Å². The number of para-hydroxylation sites is 1. The van der Waals surface area contributed by atoms with Crippen molar-refractivity contribution in [3.05, 3.63) is 47.8 Å². The fourth-order valence-corrected chi connectivity index (χ4v) is 3.28. The van der Waals surface area contributed by atoms with E-state index in [4.69, 9.17) is 9.47 Å². The molecule has 3 rings (SSSR count). The molecule has 1 saturated heterocycles. The standard InChI is InChI=1S/C19H25N3O3/c1-14-17(11-22(20-14)15-8-6-5-7-9-15)18(23)21-10-16(12-24-4)25-19(2,3)13-21/h5-9,11,16H,10,12-13H2,1-4H3. The van der Waals surface area contributed by atoms with Crippen molar-refractivity contribution < 1.29 is 14.3 Å². The van der Waals surface area contributed by atoms with Gasteiger partial charge in [0.2, 0.25) is 0 Å². The highest BCUT2D eigenvalue weighted by Crippen LogP contribution is 2.24. The lowest BCUT2D eigenvalue weighted by atomic mass is 10.0. The van der Waals surface area contributed by atoms with Crippen molar-refractivity contribution in [3.63, 3.8) is 0 Å². The van der Waals surface area contributed by atoms with Crippen LogP contribution in [0.2, 0.25) is 0 Å². The molecule has 1 aliphatic heterocycles. The van der Waals surface area contributed by atoms with E-state index >= 15 is 0 Å². The highest BCUT2D eigenvalue weighted by atomic mass is 16.5. The maximum absolute atomic E-state index is 13.1. The zero-order valence-corrected chi connectivity index (χ0v) is 15.2. The number of aryl methyl sites for hydroxylation is 1. The number of benzene rings is 1. The van der Waals surface area contributed by atoms with Gasteiger partial charge >= 0.3 is 0 Å². The van der Waals surface area contributed by atoms with Crippen LogP contribution < -0.4 is 0 Å². The van der Waals surface area contributed by atoms with Gasteiger partial charge in [-0.2, -0.15) is 5.10 Å². The molecule has 6 nitrogen and oxygen atoms in total. The van der Waals surface area contributed by atoms with Crippen LogP contribution in [0.3, 0.4) is 0 Å². The molecule has 0 spiro atoms. The van der Waals surface area contributed by atoms with Crippen LogP contribution in [0.4, 0.5) is 0 Å². The largest absolute Gasteiger partial charge is 0.382 e. The van der Waals surface area contributed by atoms with Crippen LogP contribution in [0.25, 0.3) is 5.69 Å². The minimum atomic E-state index is -0.402. The summed E-state index contributed by atoms with van der Waals surface area (Å²) in [5.74, 6) is -0.0165. The molecule has 1 aliphatic rings. The molecule has 0 bridgehead atoms. The predicted molar refractivity (Wildman–Crippen MR) is 95.0 cm³/mol. The SMILES string of the molecule is COCC1CN(C(=O)c2cn(-c3ccccc3)nc2C)CC(C)(C)O1. The van der Waals surface area contributed by atoms with E-state index in [1.807, 2.05) is 56.0 Å². The van der Waals surface area contributed by atoms with Gasteiger partial charge in [0.25, 0.3) is 5.91 Å². The van der Waals surface area contributed by atoms with Crippen LogP contribution in [0.1, 0.15) is 29.9 Å². The first-order valence-electron chi connectivity index (χ1n) is 8.47. The second-order valence-electron chi connectivity index (χ2n) is 7.05. The van der Waals surface area contributed by atoms with Gasteiger partial charge in [0.05, 0.1) is 35.3 Å². The van der Waals surface area contributed by atoms with Gasteiger partial charge in [0.1, 0.15) is 0 Å². The number of hydrogen-bond acceptors (Lipinski definition) is 4. The van der Waals surface area contributed by atoms with Gasteiger partial charge in [0, 0.05) is 26.4 Å². The van der Waals surface area contributed by atoms with Gasteiger partial charge in [-0.3, -0.25) is 4.79 Å². The molecule has 1 atom stereocenters. The van der Waals surface area contributed by atoms with Crippen LogP contribution >= 0.6 is 0 Å². The first kappa shape index (κ1) is 17.6. The summed E-state index contributed by atoms with van der Waals surface area (Å²) in [5.41, 5.74) is 1.88. The summed E-state index contributed by atoms with van der Waals surface area (Å²) in [7, 11) is 1.64. The fraction of sp³-hybridized carbons (Fsp3) is 0.474. The zero-order valence-electron chi connectivity index (χ0n) is 15.2. The number of nitrogens with zero attached hydrogens (tertiary/aromatic N) is 3. The number of hydrogen-bond donors (Lipinski definition) is 0. The second kappa shape index (κ2) is 6.98. The Morgan fingerprint density at radius 3 is 2.76 bits per heavy atom. The van der Waals surface area contributed by atoms with E-state index < -0.39 is 5.60 Å². The summed E-state index contributed by atoms with van der Waals surface area (Å²) >= 11 is 0. The molecule has 134 valence electrons. The average Bonchev–Trinajstić information content (AvgIpc) is 2.95. The van der Waals surface area contributed by atoms with E-state index in [1.54, 1.807) is 18.0 Å². The van der Waals surface area contributed by atoms with Crippen LogP contribution in [0, 0.1) is 6.92 Å². The Bertz CT molecular complexity index is 740. The summed E-state index contributed by atoms with van der Waals surface area (Å²) in [4.78, 5) is 14.9. The summed E-state index contributed by atoms with van der Waals surface area (Å²) < 4.78 is 13.0. The van der Waals surface area contributed by atoms with Crippen LogP contribution in [0.15, 0.2) is 36.5 Å². The second-order valence-corrected chi connectivity index (χ2v) is 7.05. The highest BCUT2D eigenvalue weighted by Gasteiger charge is 2.36. The number of rotatable bonds is 4. The third-order valence-electron chi connectivity index (χ3n) is 4.27. The molecule has 2 aromatic rings. The van der Waals surface area contributed by atoms with Gasteiger partial charge < -0.3 is 14.4 Å². The molecule has 0 radical (unpaired) electrons. The van der Waals surface area contributed by atoms with Crippen LogP contribution in [-0.2, 0) is 9.47 Å². The van der Waals surface area contributed by atoms with Crippen molar-refractivity contribution in [2.24, 2.45) is 0 Å². The summed E-state index contributed by atoms with van der Waals surface area (Å²) in [6.45, 7) is 7.39. The Balaban J connectivity index is 1.84. The summed E-state index contributed by atoms with van der Waals surface area (Å²) in [6, 6.07) is 9.79. The molecule has 0 N–H and O–H groups in total. The molecule has 0 aliphatic carbocycles. The number of ether oxygens (including phenoxy) is 2. The quantitative estimate of drug-likeness (QED) is 0.856. The average molecular weight is 343 g/mol. The molecule has 1 aromatic carbocycles. The molecular weight excluding hydrogens is 318 g/mol. The van der Waals surface area contributed by atoms with Crippen molar-refractivity contribution >= 4 is 5.91 Å². The summed E-state index contributed by atoms with van der Waals surface area (Å²) in [6.07, 6.45) is 1.68. The number of carbonyl (C=O) groups excluding carboxylic acids is 1. The third-order valence-corrected chi connectivity index (χ3v) is 4.27. The minimum absolute atomic E-state index is 0.0165. The third kappa shape index (κ3) is 3.91. The topological polar surface area (TPSA) is 56.6 Å². The Hall–Kier alpha value is -2.18. The van der Waals surface area contributed by atoms with Crippen molar-refractivity contribution in [2.75, 3.05) is 26.8 Å². The van der Waals surface area contributed by atoms with Gasteiger partial charge in [-0.25, -0.2) is 4.68 Å². The predicted octanol–water partition coefficient (Wildman–Crippen LogP) is 2.45. The lowest BCUT2D eigenvalue weighted by Crippen LogP contribution is -2.55. The van der Waals surface area contributed by atoms with E-state index in [2.05, 4.69) is 5.10 Å². The molecule has 1 aromatic heterocycles. The molecule has 1 unspecified atom stereocenters. The number of carbonyl (C=O) groups is 1.